The summed E-state index contributed by atoms with van der Waals surface area (Å²) in [5.41, 5.74) is 7.93. The minimum absolute atomic E-state index is 0.0622. The molecule has 110 valence electrons. The lowest BCUT2D eigenvalue weighted by atomic mass is 10.1. The summed E-state index contributed by atoms with van der Waals surface area (Å²) in [4.78, 5) is 22.6. The normalized spacial score (nSPS) is 10.6. The van der Waals surface area contributed by atoms with Gasteiger partial charge < -0.3 is 10.6 Å². The summed E-state index contributed by atoms with van der Waals surface area (Å²) in [7, 11) is 0. The third kappa shape index (κ3) is 2.48. The topological polar surface area (TPSA) is 72.1 Å². The highest BCUT2D eigenvalue weighted by Crippen LogP contribution is 2.21. The summed E-state index contributed by atoms with van der Waals surface area (Å²) in [5, 5.41) is 0.752. The fraction of sp³-hybridized carbons (Fsp3) is 0.118. The molecule has 2 N–H and O–H groups in total. The highest BCUT2D eigenvalue weighted by atomic mass is 16.2. The predicted molar refractivity (Wildman–Crippen MR) is 87.7 cm³/mol. The second-order valence-corrected chi connectivity index (χ2v) is 4.88. The van der Waals surface area contributed by atoms with Crippen LogP contribution < -0.4 is 10.6 Å². The van der Waals surface area contributed by atoms with Gasteiger partial charge in [-0.15, -0.1) is 0 Å². The van der Waals surface area contributed by atoms with Gasteiger partial charge in [0, 0.05) is 23.2 Å². The van der Waals surface area contributed by atoms with Gasteiger partial charge in [0.15, 0.2) is 0 Å². The molecule has 0 aliphatic heterocycles. The number of hydrogen-bond acceptors (Lipinski definition) is 4. The van der Waals surface area contributed by atoms with E-state index in [9.17, 15) is 4.79 Å². The first-order valence-electron chi connectivity index (χ1n) is 7.08. The number of amides is 1. The van der Waals surface area contributed by atoms with E-state index in [0.29, 0.717) is 23.4 Å². The largest absolute Gasteiger partial charge is 0.383 e. The summed E-state index contributed by atoms with van der Waals surface area (Å²) in [6, 6.07) is 14.9. The first kappa shape index (κ1) is 14.0. The number of nitrogen functional groups attached to an aromatic ring is 1. The van der Waals surface area contributed by atoms with E-state index in [1.54, 1.807) is 23.1 Å². The summed E-state index contributed by atoms with van der Waals surface area (Å²) in [5.74, 6) is 0.354. The molecule has 0 saturated carbocycles. The van der Waals surface area contributed by atoms with Gasteiger partial charge in [-0.05, 0) is 37.3 Å². The average molecular weight is 292 g/mol. The zero-order chi connectivity index (χ0) is 15.5. The Kier molecular flexibility index (Phi) is 3.70. The lowest BCUT2D eigenvalue weighted by Crippen LogP contribution is -2.30. The number of para-hydroxylation sites is 1. The molecule has 1 aromatic heterocycles. The van der Waals surface area contributed by atoms with Crippen molar-refractivity contribution >= 4 is 28.3 Å². The van der Waals surface area contributed by atoms with Crippen molar-refractivity contribution in [2.75, 3.05) is 17.2 Å². The molecule has 22 heavy (non-hydrogen) atoms. The predicted octanol–water partition coefficient (Wildman–Crippen LogP) is 2.88. The molecule has 0 aliphatic rings. The van der Waals surface area contributed by atoms with Crippen LogP contribution in [0.4, 0.5) is 11.5 Å². The Balaban J connectivity index is 2.01. The van der Waals surface area contributed by atoms with Gasteiger partial charge in [-0.1, -0.05) is 18.2 Å². The molecule has 3 rings (SSSR count). The van der Waals surface area contributed by atoms with E-state index >= 15 is 0 Å². The lowest BCUT2D eigenvalue weighted by molar-refractivity contribution is 0.0988. The van der Waals surface area contributed by atoms with E-state index in [1.807, 2.05) is 37.3 Å². The van der Waals surface area contributed by atoms with Crippen molar-refractivity contribution in [1.29, 1.82) is 0 Å². The molecule has 0 saturated heterocycles. The van der Waals surface area contributed by atoms with Crippen molar-refractivity contribution in [2.24, 2.45) is 0 Å². The van der Waals surface area contributed by atoms with Crippen LogP contribution in [0.15, 0.2) is 54.9 Å². The molecule has 0 radical (unpaired) electrons. The second kappa shape index (κ2) is 5.81. The molecular weight excluding hydrogens is 276 g/mol. The van der Waals surface area contributed by atoms with Crippen LogP contribution in [0.1, 0.15) is 17.3 Å². The van der Waals surface area contributed by atoms with Gasteiger partial charge in [-0.3, -0.25) is 4.79 Å². The highest BCUT2D eigenvalue weighted by Gasteiger charge is 2.16. The SMILES string of the molecule is CCN(C(=O)c1ccc2c(N)ncnc2c1)c1ccccc1. The fourth-order valence-corrected chi connectivity index (χ4v) is 2.42. The monoisotopic (exact) mass is 292 g/mol. The standard InChI is InChI=1S/C17H16N4O/c1-2-21(13-6-4-3-5-7-13)17(22)12-8-9-14-15(10-12)19-11-20-16(14)18/h3-11H,2H2,1H3,(H2,18,19,20). The van der Waals surface area contributed by atoms with Gasteiger partial charge in [0.1, 0.15) is 12.1 Å². The molecule has 0 fully saturated rings. The Labute approximate surface area is 128 Å². The van der Waals surface area contributed by atoms with Crippen molar-refractivity contribution in [2.45, 2.75) is 6.92 Å². The van der Waals surface area contributed by atoms with Crippen LogP contribution >= 0.6 is 0 Å². The maximum absolute atomic E-state index is 12.8. The van der Waals surface area contributed by atoms with E-state index in [0.717, 1.165) is 11.1 Å². The number of carbonyl (C=O) groups excluding carboxylic acids is 1. The molecule has 1 heterocycles. The number of aromatic nitrogens is 2. The number of rotatable bonds is 3. The summed E-state index contributed by atoms with van der Waals surface area (Å²) < 4.78 is 0. The zero-order valence-corrected chi connectivity index (χ0v) is 12.2. The Morgan fingerprint density at radius 3 is 2.64 bits per heavy atom. The van der Waals surface area contributed by atoms with Gasteiger partial charge in [-0.2, -0.15) is 0 Å². The van der Waals surface area contributed by atoms with Crippen LogP contribution in [0.2, 0.25) is 0 Å². The average Bonchev–Trinajstić information content (AvgIpc) is 2.56. The van der Waals surface area contributed by atoms with Crippen molar-refractivity contribution in [3.63, 3.8) is 0 Å². The van der Waals surface area contributed by atoms with E-state index in [1.165, 1.54) is 6.33 Å². The van der Waals surface area contributed by atoms with Gasteiger partial charge in [-0.25, -0.2) is 9.97 Å². The molecule has 3 aromatic rings. The molecule has 1 amide bonds. The summed E-state index contributed by atoms with van der Waals surface area (Å²) in [6.07, 6.45) is 1.40. The van der Waals surface area contributed by atoms with Gasteiger partial charge >= 0.3 is 0 Å². The van der Waals surface area contributed by atoms with Crippen LogP contribution in [-0.4, -0.2) is 22.4 Å². The number of hydrogen-bond donors (Lipinski definition) is 1. The quantitative estimate of drug-likeness (QED) is 0.805. The minimum atomic E-state index is -0.0622. The minimum Gasteiger partial charge on any atom is -0.383 e. The van der Waals surface area contributed by atoms with Crippen molar-refractivity contribution in [1.82, 2.24) is 9.97 Å². The smallest absolute Gasteiger partial charge is 0.258 e. The maximum Gasteiger partial charge on any atom is 0.258 e. The van der Waals surface area contributed by atoms with E-state index in [4.69, 9.17) is 5.73 Å². The number of nitrogens with zero attached hydrogens (tertiary/aromatic N) is 3. The molecule has 0 bridgehead atoms. The molecule has 0 atom stereocenters. The molecule has 0 spiro atoms. The van der Waals surface area contributed by atoms with Crippen LogP contribution in [0, 0.1) is 0 Å². The third-order valence-corrected chi connectivity index (χ3v) is 3.54. The fourth-order valence-electron chi connectivity index (χ4n) is 2.42. The molecule has 5 nitrogen and oxygen atoms in total. The van der Waals surface area contributed by atoms with E-state index < -0.39 is 0 Å². The summed E-state index contributed by atoms with van der Waals surface area (Å²) in [6.45, 7) is 2.54. The Bertz CT molecular complexity index is 817. The lowest BCUT2D eigenvalue weighted by Gasteiger charge is -2.21. The first-order valence-corrected chi connectivity index (χ1v) is 7.08. The van der Waals surface area contributed by atoms with Crippen molar-refractivity contribution < 1.29 is 4.79 Å². The van der Waals surface area contributed by atoms with Crippen LogP contribution in [-0.2, 0) is 0 Å². The van der Waals surface area contributed by atoms with Crippen LogP contribution in [0.25, 0.3) is 10.9 Å². The van der Waals surface area contributed by atoms with Crippen molar-refractivity contribution in [3.8, 4) is 0 Å². The molecular formula is C17H16N4O. The van der Waals surface area contributed by atoms with E-state index in [-0.39, 0.29) is 5.91 Å². The maximum atomic E-state index is 12.8. The zero-order valence-electron chi connectivity index (χ0n) is 12.2. The molecule has 0 unspecified atom stereocenters. The van der Waals surface area contributed by atoms with Crippen LogP contribution in [0.5, 0.6) is 0 Å². The third-order valence-electron chi connectivity index (χ3n) is 3.54. The molecule has 0 aliphatic carbocycles. The highest BCUT2D eigenvalue weighted by molar-refractivity contribution is 6.08. The molecule has 2 aromatic carbocycles. The number of fused-ring (bicyclic) bond motifs is 1. The Morgan fingerprint density at radius 2 is 1.91 bits per heavy atom. The second-order valence-electron chi connectivity index (χ2n) is 4.88. The van der Waals surface area contributed by atoms with Gasteiger partial charge in [0.05, 0.1) is 5.52 Å². The number of carbonyl (C=O) groups is 1. The van der Waals surface area contributed by atoms with E-state index in [2.05, 4.69) is 9.97 Å². The van der Waals surface area contributed by atoms with Gasteiger partial charge in [0.2, 0.25) is 0 Å². The number of benzene rings is 2. The Hall–Kier alpha value is -2.95. The number of anilines is 2. The molecule has 5 heteroatoms. The first-order chi connectivity index (χ1) is 10.7. The number of nitrogens with two attached hydrogens (primary N) is 1. The summed E-state index contributed by atoms with van der Waals surface area (Å²) >= 11 is 0. The van der Waals surface area contributed by atoms with Gasteiger partial charge in [0.25, 0.3) is 5.91 Å². The Morgan fingerprint density at radius 1 is 1.14 bits per heavy atom. The van der Waals surface area contributed by atoms with Crippen molar-refractivity contribution in [3.05, 3.63) is 60.4 Å². The van der Waals surface area contributed by atoms with Crippen LogP contribution in [0.3, 0.4) is 0 Å².